The van der Waals surface area contributed by atoms with Crippen LogP contribution in [-0.4, -0.2) is 28.7 Å². The molecule has 0 spiro atoms. The molecule has 3 N–H and O–H groups in total. The highest BCUT2D eigenvalue weighted by Crippen LogP contribution is 2.36. The number of carbonyl (C=O) groups excluding carboxylic acids is 1. The zero-order valence-corrected chi connectivity index (χ0v) is 11.0. The van der Waals surface area contributed by atoms with Gasteiger partial charge in [0.1, 0.15) is 5.54 Å². The maximum Gasteiger partial charge on any atom is 0.328 e. The maximum atomic E-state index is 11.6. The third-order valence-electron chi connectivity index (χ3n) is 3.26. The van der Waals surface area contributed by atoms with Crippen LogP contribution in [0.2, 0.25) is 0 Å². The molecule has 5 heteroatoms. The molecule has 98 valence electrons. The lowest BCUT2D eigenvalue weighted by molar-refractivity contribution is -0.142. The topological polar surface area (TPSA) is 78.4 Å². The molecule has 0 aromatic rings. The van der Waals surface area contributed by atoms with E-state index in [0.717, 1.165) is 19.3 Å². The van der Waals surface area contributed by atoms with Crippen LogP contribution >= 0.6 is 0 Å². The Bertz CT molecular complexity index is 324. The molecule has 5 nitrogen and oxygen atoms in total. The SMILES string of the molecule is CC1(C)CCC(NC(=O)NC(C)(C)C(=O)O)C1. The monoisotopic (exact) mass is 242 g/mol. The molecule has 1 unspecified atom stereocenters. The predicted octanol–water partition coefficient (Wildman–Crippen LogP) is 1.73. The predicted molar refractivity (Wildman–Crippen MR) is 64.8 cm³/mol. The summed E-state index contributed by atoms with van der Waals surface area (Å²) in [5, 5.41) is 14.2. The van der Waals surface area contributed by atoms with Crippen LogP contribution in [0.25, 0.3) is 0 Å². The standard InChI is InChI=1S/C12H22N2O3/c1-11(2)6-5-8(7-11)13-10(17)14-12(3,4)9(15)16/h8H,5-7H2,1-4H3,(H,15,16)(H2,13,14,17). The van der Waals surface area contributed by atoms with E-state index in [0.29, 0.717) is 0 Å². The first-order chi connectivity index (χ1) is 7.62. The lowest BCUT2D eigenvalue weighted by Crippen LogP contribution is -2.54. The summed E-state index contributed by atoms with van der Waals surface area (Å²) in [5.41, 5.74) is -0.974. The summed E-state index contributed by atoms with van der Waals surface area (Å²) >= 11 is 0. The summed E-state index contributed by atoms with van der Waals surface area (Å²) in [7, 11) is 0. The fraction of sp³-hybridized carbons (Fsp3) is 0.833. The molecule has 0 heterocycles. The minimum absolute atomic E-state index is 0.148. The number of hydrogen-bond acceptors (Lipinski definition) is 2. The van der Waals surface area contributed by atoms with Gasteiger partial charge in [-0.2, -0.15) is 0 Å². The van der Waals surface area contributed by atoms with E-state index in [4.69, 9.17) is 5.11 Å². The number of urea groups is 1. The van der Waals surface area contributed by atoms with Crippen LogP contribution in [0.15, 0.2) is 0 Å². The molecule has 0 aromatic heterocycles. The molecule has 2 amide bonds. The van der Waals surface area contributed by atoms with Crippen molar-refractivity contribution >= 4 is 12.0 Å². The zero-order chi connectivity index (χ0) is 13.3. The molecule has 1 fully saturated rings. The third kappa shape index (κ3) is 3.91. The lowest BCUT2D eigenvalue weighted by atomic mass is 9.92. The van der Waals surface area contributed by atoms with Crippen LogP contribution in [0.1, 0.15) is 47.0 Å². The van der Waals surface area contributed by atoms with Crippen molar-refractivity contribution in [3.05, 3.63) is 0 Å². The highest BCUT2D eigenvalue weighted by Gasteiger charge is 2.34. The normalized spacial score (nSPS) is 23.2. The first-order valence-electron chi connectivity index (χ1n) is 5.94. The Balaban J connectivity index is 2.44. The summed E-state index contributed by atoms with van der Waals surface area (Å²) in [4.78, 5) is 22.5. The van der Waals surface area contributed by atoms with E-state index in [-0.39, 0.29) is 11.5 Å². The van der Waals surface area contributed by atoms with Crippen LogP contribution in [-0.2, 0) is 4.79 Å². The summed E-state index contributed by atoms with van der Waals surface area (Å²) in [5.74, 6) is -1.04. The lowest BCUT2D eigenvalue weighted by Gasteiger charge is -2.23. The Morgan fingerprint density at radius 2 is 1.94 bits per heavy atom. The van der Waals surface area contributed by atoms with Gasteiger partial charge in [-0.05, 0) is 38.5 Å². The smallest absolute Gasteiger partial charge is 0.328 e. The van der Waals surface area contributed by atoms with E-state index in [2.05, 4.69) is 24.5 Å². The van der Waals surface area contributed by atoms with Gasteiger partial charge in [-0.15, -0.1) is 0 Å². The molecule has 1 aliphatic rings. The molecule has 0 bridgehead atoms. The molecule has 0 radical (unpaired) electrons. The van der Waals surface area contributed by atoms with Crippen molar-refractivity contribution < 1.29 is 14.7 Å². The van der Waals surface area contributed by atoms with Gasteiger partial charge in [0.25, 0.3) is 0 Å². The van der Waals surface area contributed by atoms with Crippen LogP contribution < -0.4 is 10.6 Å². The summed E-state index contributed by atoms with van der Waals surface area (Å²) < 4.78 is 0. The fourth-order valence-electron chi connectivity index (χ4n) is 2.12. The van der Waals surface area contributed by atoms with Crippen molar-refractivity contribution in [2.24, 2.45) is 5.41 Å². The highest BCUT2D eigenvalue weighted by molar-refractivity contribution is 5.85. The van der Waals surface area contributed by atoms with Crippen molar-refractivity contribution in [3.8, 4) is 0 Å². The van der Waals surface area contributed by atoms with Crippen molar-refractivity contribution in [1.29, 1.82) is 0 Å². The molecule has 0 saturated heterocycles. The molecule has 1 rings (SSSR count). The van der Waals surface area contributed by atoms with Crippen molar-refractivity contribution in [1.82, 2.24) is 10.6 Å². The molecular weight excluding hydrogens is 220 g/mol. The molecule has 0 aliphatic heterocycles. The van der Waals surface area contributed by atoms with Crippen LogP contribution in [0.5, 0.6) is 0 Å². The second-order valence-corrected chi connectivity index (χ2v) is 6.13. The van der Waals surface area contributed by atoms with Crippen LogP contribution in [0.4, 0.5) is 4.79 Å². The molecule has 0 aromatic carbocycles. The van der Waals surface area contributed by atoms with Crippen LogP contribution in [0, 0.1) is 5.41 Å². The second kappa shape index (κ2) is 4.55. The van der Waals surface area contributed by atoms with E-state index in [9.17, 15) is 9.59 Å². The third-order valence-corrected chi connectivity index (χ3v) is 3.26. The number of carboxylic acids is 1. The Kier molecular flexibility index (Phi) is 3.69. The van der Waals surface area contributed by atoms with E-state index in [1.54, 1.807) is 0 Å². The summed E-state index contributed by atoms with van der Waals surface area (Å²) in [6.07, 6.45) is 2.97. The van der Waals surface area contributed by atoms with Crippen LogP contribution in [0.3, 0.4) is 0 Å². The quantitative estimate of drug-likeness (QED) is 0.705. The fourth-order valence-corrected chi connectivity index (χ4v) is 2.12. The Morgan fingerprint density at radius 1 is 1.35 bits per heavy atom. The van der Waals surface area contributed by atoms with Gasteiger partial charge in [0.2, 0.25) is 0 Å². The zero-order valence-electron chi connectivity index (χ0n) is 11.0. The number of carboxylic acid groups (broad SMARTS) is 1. The first kappa shape index (κ1) is 13.8. The molecule has 1 aliphatic carbocycles. The Hall–Kier alpha value is -1.26. The number of nitrogens with one attached hydrogen (secondary N) is 2. The molecule has 1 atom stereocenters. The molecule has 17 heavy (non-hydrogen) atoms. The van der Waals surface area contributed by atoms with E-state index in [1.807, 2.05) is 0 Å². The van der Waals surface area contributed by atoms with Crippen molar-refractivity contribution in [2.75, 3.05) is 0 Å². The Morgan fingerprint density at radius 3 is 2.35 bits per heavy atom. The van der Waals surface area contributed by atoms with Crippen molar-refractivity contribution in [2.45, 2.75) is 58.5 Å². The highest BCUT2D eigenvalue weighted by atomic mass is 16.4. The average Bonchev–Trinajstić information content (AvgIpc) is 2.43. The van der Waals surface area contributed by atoms with Gasteiger partial charge in [0, 0.05) is 6.04 Å². The van der Waals surface area contributed by atoms with Gasteiger partial charge in [-0.3, -0.25) is 0 Å². The first-order valence-corrected chi connectivity index (χ1v) is 5.94. The minimum Gasteiger partial charge on any atom is -0.480 e. The van der Waals surface area contributed by atoms with Crippen molar-refractivity contribution in [3.63, 3.8) is 0 Å². The number of hydrogen-bond donors (Lipinski definition) is 3. The molecule has 1 saturated carbocycles. The largest absolute Gasteiger partial charge is 0.480 e. The van der Waals surface area contributed by atoms with Gasteiger partial charge >= 0.3 is 12.0 Å². The van der Waals surface area contributed by atoms with Gasteiger partial charge in [-0.1, -0.05) is 13.8 Å². The number of carbonyl (C=O) groups is 2. The van der Waals surface area contributed by atoms with Gasteiger partial charge < -0.3 is 15.7 Å². The van der Waals surface area contributed by atoms with E-state index < -0.39 is 17.5 Å². The number of aliphatic carboxylic acids is 1. The van der Waals surface area contributed by atoms with Gasteiger partial charge in [-0.25, -0.2) is 9.59 Å². The number of rotatable bonds is 3. The van der Waals surface area contributed by atoms with E-state index >= 15 is 0 Å². The van der Waals surface area contributed by atoms with E-state index in [1.165, 1.54) is 13.8 Å². The minimum atomic E-state index is -1.24. The Labute approximate surface area is 102 Å². The number of amides is 2. The maximum absolute atomic E-state index is 11.6. The summed E-state index contributed by atoms with van der Waals surface area (Å²) in [6, 6.07) is -0.255. The molecular formula is C12H22N2O3. The summed E-state index contributed by atoms with van der Waals surface area (Å²) in [6.45, 7) is 7.28. The van der Waals surface area contributed by atoms with Gasteiger partial charge in [0.05, 0.1) is 0 Å². The average molecular weight is 242 g/mol. The second-order valence-electron chi connectivity index (χ2n) is 6.13. The van der Waals surface area contributed by atoms with Gasteiger partial charge in [0.15, 0.2) is 0 Å².